The van der Waals surface area contributed by atoms with Crippen molar-refractivity contribution in [3.05, 3.63) is 59.7 Å². The van der Waals surface area contributed by atoms with Crippen molar-refractivity contribution in [3.63, 3.8) is 0 Å². The second-order valence-electron chi connectivity index (χ2n) is 18.3. The minimum Gasteiger partial charge on any atom is -0.465 e. The quantitative estimate of drug-likeness (QED) is 0.0164. The van der Waals surface area contributed by atoms with Crippen molar-refractivity contribution in [1.82, 2.24) is 0 Å². The van der Waals surface area contributed by atoms with Crippen LogP contribution in [0.2, 0.25) is 0 Å². The van der Waals surface area contributed by atoms with E-state index in [2.05, 4.69) is 18.8 Å². The predicted octanol–water partition coefficient (Wildman–Crippen LogP) is 14.5. The zero-order chi connectivity index (χ0) is 48.0. The van der Waals surface area contributed by atoms with E-state index in [0.29, 0.717) is 31.1 Å². The number of carbonyl (C=O) groups excluding carboxylic acids is 3. The molecule has 4 N–H and O–H groups in total. The fourth-order valence-electron chi connectivity index (χ4n) is 8.05. The standard InChI is InChI=1S/C29H44N2O4.C27H48N2O2/c1-2-3-4-5-6-7-8-9-10-11-12-13-14-15-16-17-22-34-29(33)28(31-25-32)23-26-18-20-27(21-19-26)35-24-30;1-2-3-4-5-6-7-8-9-10-11-12-13-14-15-16-17-22-31-27(30)26(29)23-24-18-20-25(28)21-19-24/h18-21,28H,2-17,22-23H2,1H3;18-21,26H,2-17,22-23,28-29H2,1H3. The summed E-state index contributed by atoms with van der Waals surface area (Å²) in [6, 6.07) is 12.6. The predicted molar refractivity (Wildman–Crippen MR) is 272 cm³/mol. The molecule has 0 aliphatic rings. The molecule has 0 saturated carbocycles. The number of hydrogen-bond donors (Lipinski definition) is 2. The lowest BCUT2D eigenvalue weighted by atomic mass is 10.0. The van der Waals surface area contributed by atoms with Crippen molar-refractivity contribution in [3.8, 4) is 12.0 Å². The van der Waals surface area contributed by atoms with Gasteiger partial charge in [0.2, 0.25) is 6.08 Å². The minimum atomic E-state index is -0.906. The van der Waals surface area contributed by atoms with E-state index < -0.39 is 18.1 Å². The van der Waals surface area contributed by atoms with E-state index in [1.165, 1.54) is 179 Å². The summed E-state index contributed by atoms with van der Waals surface area (Å²) in [6.45, 7) is 5.37. The Morgan fingerprint density at radius 3 is 1.21 bits per heavy atom. The summed E-state index contributed by atoms with van der Waals surface area (Å²) in [4.78, 5) is 38.6. The zero-order valence-electron chi connectivity index (χ0n) is 41.7. The van der Waals surface area contributed by atoms with Gasteiger partial charge in [0, 0.05) is 12.1 Å². The van der Waals surface area contributed by atoms with Gasteiger partial charge in [-0.15, -0.1) is 5.26 Å². The highest BCUT2D eigenvalue weighted by Gasteiger charge is 2.20. The molecule has 2 aromatic rings. The minimum absolute atomic E-state index is 0.236. The molecule has 2 rings (SSSR count). The number of nitrogens with zero attached hydrogens (tertiary/aromatic N) is 2. The number of nitrogens with two attached hydrogens (primary N) is 2. The molecule has 372 valence electrons. The monoisotopic (exact) mass is 917 g/mol. The van der Waals surface area contributed by atoms with Crippen molar-refractivity contribution >= 4 is 23.7 Å². The number of anilines is 1. The Hall–Kier alpha value is -4.19. The van der Waals surface area contributed by atoms with Crippen molar-refractivity contribution in [2.45, 2.75) is 244 Å². The number of hydrogen-bond acceptors (Lipinski definition) is 10. The zero-order valence-corrected chi connectivity index (χ0v) is 41.7. The number of benzene rings is 2. The summed E-state index contributed by atoms with van der Waals surface area (Å²) in [6.07, 6.45) is 45.9. The number of rotatable bonds is 42. The van der Waals surface area contributed by atoms with Gasteiger partial charge in [0.25, 0.3) is 6.26 Å². The highest BCUT2D eigenvalue weighted by atomic mass is 16.5. The number of nitrogen functional groups attached to an aromatic ring is 1. The van der Waals surface area contributed by atoms with Gasteiger partial charge in [-0.2, -0.15) is 4.99 Å². The van der Waals surface area contributed by atoms with Gasteiger partial charge in [-0.3, -0.25) is 4.79 Å². The molecule has 0 heterocycles. The summed E-state index contributed by atoms with van der Waals surface area (Å²) < 4.78 is 15.4. The normalized spacial score (nSPS) is 11.7. The van der Waals surface area contributed by atoms with Crippen LogP contribution in [-0.4, -0.2) is 43.3 Å². The van der Waals surface area contributed by atoms with Crippen LogP contribution < -0.4 is 16.2 Å². The van der Waals surface area contributed by atoms with E-state index in [1.54, 1.807) is 30.5 Å². The summed E-state index contributed by atoms with van der Waals surface area (Å²) in [5.74, 6) is -0.401. The third kappa shape index (κ3) is 36.0. The van der Waals surface area contributed by atoms with Crippen LogP contribution in [-0.2, 0) is 36.7 Å². The van der Waals surface area contributed by atoms with E-state index in [9.17, 15) is 14.4 Å². The largest absolute Gasteiger partial charge is 0.465 e. The molecule has 0 fully saturated rings. The molecular weight excluding hydrogens is 825 g/mol. The molecule has 0 amide bonds. The first-order chi connectivity index (χ1) is 32.3. The van der Waals surface area contributed by atoms with Crippen LogP contribution >= 0.6 is 0 Å². The Morgan fingerprint density at radius 2 is 0.848 bits per heavy atom. The molecule has 0 bridgehead atoms. The highest BCUT2D eigenvalue weighted by molar-refractivity contribution is 5.77. The fraction of sp³-hybridized carbons (Fsp3) is 0.714. The number of nitriles is 1. The molecule has 2 atom stereocenters. The van der Waals surface area contributed by atoms with E-state index in [1.807, 2.05) is 24.3 Å². The lowest BCUT2D eigenvalue weighted by Crippen LogP contribution is -2.34. The summed E-state index contributed by atoms with van der Waals surface area (Å²) in [7, 11) is 0. The molecule has 10 heteroatoms. The molecule has 0 saturated heterocycles. The van der Waals surface area contributed by atoms with Gasteiger partial charge in [0.05, 0.1) is 13.2 Å². The first kappa shape index (κ1) is 59.8. The molecule has 0 spiro atoms. The third-order valence-corrected chi connectivity index (χ3v) is 12.2. The van der Waals surface area contributed by atoms with Gasteiger partial charge < -0.3 is 25.7 Å². The van der Waals surface area contributed by atoms with Crippen molar-refractivity contribution in [1.29, 1.82) is 5.26 Å². The third-order valence-electron chi connectivity index (χ3n) is 12.2. The molecule has 0 aromatic heterocycles. The Bertz CT molecular complexity index is 1520. The average Bonchev–Trinajstić information content (AvgIpc) is 3.32. The lowest BCUT2D eigenvalue weighted by Gasteiger charge is -2.12. The number of ether oxygens (including phenoxy) is 3. The van der Waals surface area contributed by atoms with Gasteiger partial charge in [-0.1, -0.05) is 231 Å². The Morgan fingerprint density at radius 1 is 0.515 bits per heavy atom. The molecule has 0 aliphatic carbocycles. The van der Waals surface area contributed by atoms with Crippen LogP contribution in [0.25, 0.3) is 0 Å². The molecule has 10 nitrogen and oxygen atoms in total. The van der Waals surface area contributed by atoms with Crippen molar-refractivity contribution < 1.29 is 28.6 Å². The number of isocyanates is 1. The molecule has 0 aliphatic heterocycles. The maximum atomic E-state index is 12.3. The van der Waals surface area contributed by atoms with E-state index in [4.69, 9.17) is 30.9 Å². The molecule has 2 unspecified atom stereocenters. The Labute approximate surface area is 401 Å². The van der Waals surface area contributed by atoms with Crippen LogP contribution in [0.4, 0.5) is 5.69 Å². The first-order valence-corrected chi connectivity index (χ1v) is 26.5. The molecule has 0 radical (unpaired) electrons. The summed E-state index contributed by atoms with van der Waals surface area (Å²) in [5, 5.41) is 8.53. The van der Waals surface area contributed by atoms with E-state index in [-0.39, 0.29) is 12.4 Å². The summed E-state index contributed by atoms with van der Waals surface area (Å²) >= 11 is 0. The van der Waals surface area contributed by atoms with Gasteiger partial charge in [-0.25, -0.2) is 9.59 Å². The van der Waals surface area contributed by atoms with Gasteiger partial charge in [0.15, 0.2) is 6.04 Å². The number of aliphatic imine (C=N–C) groups is 1. The Balaban J connectivity index is 0.000000665. The topological polar surface area (TPSA) is 167 Å². The van der Waals surface area contributed by atoms with Crippen LogP contribution in [0.5, 0.6) is 5.75 Å². The van der Waals surface area contributed by atoms with Crippen molar-refractivity contribution in [2.24, 2.45) is 10.7 Å². The first-order valence-electron chi connectivity index (χ1n) is 26.5. The summed E-state index contributed by atoms with van der Waals surface area (Å²) in [5.41, 5.74) is 14.1. The maximum Gasteiger partial charge on any atom is 0.332 e. The second kappa shape index (κ2) is 44.6. The maximum absolute atomic E-state index is 12.3. The number of unbranched alkanes of at least 4 members (excludes halogenated alkanes) is 30. The van der Waals surface area contributed by atoms with Crippen LogP contribution in [0.15, 0.2) is 53.5 Å². The second-order valence-corrected chi connectivity index (χ2v) is 18.3. The fourth-order valence-corrected chi connectivity index (χ4v) is 8.05. The van der Waals surface area contributed by atoms with Gasteiger partial charge in [-0.05, 0) is 54.7 Å². The molecule has 66 heavy (non-hydrogen) atoms. The molecular formula is C56H92N4O6. The SMILES string of the molecule is CCCCCCCCCCCCCCCCCCOC(=O)C(Cc1ccc(OC#N)cc1)N=C=O.CCCCCCCCCCCCCCCCCCOC(=O)C(N)Cc1ccc(N)cc1. The smallest absolute Gasteiger partial charge is 0.332 e. The van der Waals surface area contributed by atoms with Crippen LogP contribution in [0, 0.1) is 11.5 Å². The van der Waals surface area contributed by atoms with E-state index in [0.717, 1.165) is 43.2 Å². The van der Waals surface area contributed by atoms with E-state index >= 15 is 0 Å². The van der Waals surface area contributed by atoms with Crippen molar-refractivity contribution in [2.75, 3.05) is 18.9 Å². The van der Waals surface area contributed by atoms with Crippen LogP contribution in [0.3, 0.4) is 0 Å². The Kier molecular flexibility index (Phi) is 40.5. The average molecular weight is 917 g/mol. The highest BCUT2D eigenvalue weighted by Crippen LogP contribution is 2.18. The lowest BCUT2D eigenvalue weighted by molar-refractivity contribution is -0.146. The number of esters is 2. The van der Waals surface area contributed by atoms with Crippen LogP contribution in [0.1, 0.15) is 230 Å². The van der Waals surface area contributed by atoms with Gasteiger partial charge >= 0.3 is 11.9 Å². The number of carbonyl (C=O) groups is 2. The van der Waals surface area contributed by atoms with Gasteiger partial charge in [0.1, 0.15) is 11.8 Å². The molecule has 2 aromatic carbocycles.